The third-order valence-corrected chi connectivity index (χ3v) is 2.93. The largest absolute Gasteiger partial charge is 0.315 e. The fourth-order valence-electron chi connectivity index (χ4n) is 1.87. The number of likely N-dealkylation sites (tertiary alicyclic amines) is 1. The van der Waals surface area contributed by atoms with Crippen LogP contribution in [0.25, 0.3) is 0 Å². The van der Waals surface area contributed by atoms with Gasteiger partial charge in [0.15, 0.2) is 0 Å². The average Bonchev–Trinajstić information content (AvgIpc) is 2.76. The van der Waals surface area contributed by atoms with Gasteiger partial charge in [0.25, 0.3) is 0 Å². The number of hydrogen-bond acceptors (Lipinski definition) is 2. The molecule has 1 saturated heterocycles. The number of nitrogens with one attached hydrogen (secondary N) is 1. The van der Waals surface area contributed by atoms with Crippen LogP contribution in [0.4, 0.5) is 0 Å². The summed E-state index contributed by atoms with van der Waals surface area (Å²) in [6.45, 7) is 6.42. The molecule has 0 spiro atoms. The van der Waals surface area contributed by atoms with Crippen LogP contribution >= 0.6 is 0 Å². The molecule has 12 heavy (non-hydrogen) atoms. The Balaban J connectivity index is 1.44. The van der Waals surface area contributed by atoms with Gasteiger partial charge in [0.1, 0.15) is 0 Å². The Morgan fingerprint density at radius 2 is 1.92 bits per heavy atom. The van der Waals surface area contributed by atoms with Crippen molar-refractivity contribution in [1.82, 2.24) is 10.2 Å². The van der Waals surface area contributed by atoms with Crippen LogP contribution in [0.3, 0.4) is 0 Å². The Bertz CT molecular complexity index is 126. The molecule has 2 aliphatic rings. The average molecular weight is 168 g/mol. The highest BCUT2D eigenvalue weighted by atomic mass is 15.1. The summed E-state index contributed by atoms with van der Waals surface area (Å²) in [4.78, 5) is 2.57. The predicted octanol–water partition coefficient (Wildman–Crippen LogP) is 1.08. The van der Waals surface area contributed by atoms with Crippen LogP contribution in [0.2, 0.25) is 0 Å². The Hall–Kier alpha value is -0.0800. The second-order valence-electron chi connectivity index (χ2n) is 4.20. The summed E-state index contributed by atoms with van der Waals surface area (Å²) in [6, 6.07) is 0. The number of nitrogens with zero attached hydrogens (tertiary/aromatic N) is 1. The molecule has 0 aromatic heterocycles. The molecule has 70 valence electrons. The molecule has 0 aromatic rings. The summed E-state index contributed by atoms with van der Waals surface area (Å²) in [5, 5.41) is 3.53. The van der Waals surface area contributed by atoms with Crippen molar-refractivity contribution in [2.45, 2.75) is 25.7 Å². The van der Waals surface area contributed by atoms with Crippen LogP contribution in [0.1, 0.15) is 25.7 Å². The minimum absolute atomic E-state index is 1.03. The molecule has 1 aliphatic heterocycles. The molecule has 0 amide bonds. The third kappa shape index (κ3) is 2.76. The van der Waals surface area contributed by atoms with Gasteiger partial charge in [-0.2, -0.15) is 0 Å². The normalized spacial score (nSPS) is 25.0. The molecule has 2 fully saturated rings. The standard InChI is InChI=1S/C10H20N2/c1-2-7-12(6-1)8-5-11-9-10-3-4-10/h10-11H,1-9H2. The molecule has 2 heteroatoms. The summed E-state index contributed by atoms with van der Waals surface area (Å²) in [5.74, 6) is 1.03. The fourth-order valence-corrected chi connectivity index (χ4v) is 1.87. The quantitative estimate of drug-likeness (QED) is 0.618. The molecule has 0 bridgehead atoms. The summed E-state index contributed by atoms with van der Waals surface area (Å²) in [5.41, 5.74) is 0. The van der Waals surface area contributed by atoms with E-state index in [2.05, 4.69) is 10.2 Å². The summed E-state index contributed by atoms with van der Waals surface area (Å²) < 4.78 is 0. The topological polar surface area (TPSA) is 15.3 Å². The van der Waals surface area contributed by atoms with E-state index in [0.29, 0.717) is 0 Å². The molecule has 0 radical (unpaired) electrons. The van der Waals surface area contributed by atoms with Crippen molar-refractivity contribution in [3.05, 3.63) is 0 Å². The second-order valence-corrected chi connectivity index (χ2v) is 4.20. The van der Waals surface area contributed by atoms with E-state index in [9.17, 15) is 0 Å². The van der Waals surface area contributed by atoms with Crippen molar-refractivity contribution in [3.63, 3.8) is 0 Å². The first-order valence-corrected chi connectivity index (χ1v) is 5.38. The first kappa shape index (κ1) is 8.52. The van der Waals surface area contributed by atoms with Crippen LogP contribution in [0, 0.1) is 5.92 Å². The van der Waals surface area contributed by atoms with Gasteiger partial charge < -0.3 is 10.2 Å². The lowest BCUT2D eigenvalue weighted by molar-refractivity contribution is 0.335. The highest BCUT2D eigenvalue weighted by molar-refractivity contribution is 4.75. The van der Waals surface area contributed by atoms with Crippen molar-refractivity contribution < 1.29 is 0 Å². The molecule has 1 heterocycles. The maximum absolute atomic E-state index is 3.53. The van der Waals surface area contributed by atoms with Gasteiger partial charge in [0.2, 0.25) is 0 Å². The van der Waals surface area contributed by atoms with E-state index in [0.717, 1.165) is 5.92 Å². The highest BCUT2D eigenvalue weighted by Crippen LogP contribution is 2.27. The summed E-state index contributed by atoms with van der Waals surface area (Å²) in [6.07, 6.45) is 5.78. The molecule has 1 saturated carbocycles. The highest BCUT2D eigenvalue weighted by Gasteiger charge is 2.20. The predicted molar refractivity (Wildman–Crippen MR) is 51.3 cm³/mol. The second kappa shape index (κ2) is 4.24. The van der Waals surface area contributed by atoms with Crippen LogP contribution in [-0.4, -0.2) is 37.6 Å². The van der Waals surface area contributed by atoms with Gasteiger partial charge in [-0.25, -0.2) is 0 Å². The van der Waals surface area contributed by atoms with Crippen molar-refractivity contribution in [3.8, 4) is 0 Å². The van der Waals surface area contributed by atoms with E-state index in [1.165, 1.54) is 58.4 Å². The van der Waals surface area contributed by atoms with Gasteiger partial charge in [-0.05, 0) is 51.2 Å². The van der Waals surface area contributed by atoms with Gasteiger partial charge >= 0.3 is 0 Å². The molecular weight excluding hydrogens is 148 g/mol. The van der Waals surface area contributed by atoms with E-state index in [1.807, 2.05) is 0 Å². The monoisotopic (exact) mass is 168 g/mol. The lowest BCUT2D eigenvalue weighted by Gasteiger charge is -2.14. The first-order valence-electron chi connectivity index (χ1n) is 5.38. The molecule has 1 aliphatic carbocycles. The first-order chi connectivity index (χ1) is 5.95. The Morgan fingerprint density at radius 3 is 2.58 bits per heavy atom. The lowest BCUT2D eigenvalue weighted by atomic mass is 10.4. The Morgan fingerprint density at radius 1 is 1.17 bits per heavy atom. The minimum atomic E-state index is 1.03. The van der Waals surface area contributed by atoms with Crippen LogP contribution in [0.5, 0.6) is 0 Å². The molecule has 0 unspecified atom stereocenters. The van der Waals surface area contributed by atoms with Crippen molar-refractivity contribution in [2.75, 3.05) is 32.7 Å². The molecule has 2 nitrogen and oxygen atoms in total. The molecule has 2 rings (SSSR count). The van der Waals surface area contributed by atoms with Gasteiger partial charge in [-0.3, -0.25) is 0 Å². The zero-order valence-corrected chi connectivity index (χ0v) is 7.89. The molecule has 0 atom stereocenters. The molecular formula is C10H20N2. The zero-order valence-electron chi connectivity index (χ0n) is 7.89. The van der Waals surface area contributed by atoms with Gasteiger partial charge in [-0.1, -0.05) is 0 Å². The molecule has 0 aromatic carbocycles. The number of rotatable bonds is 5. The fraction of sp³-hybridized carbons (Fsp3) is 1.00. The van der Waals surface area contributed by atoms with Crippen LogP contribution < -0.4 is 5.32 Å². The van der Waals surface area contributed by atoms with Crippen molar-refractivity contribution in [2.24, 2.45) is 5.92 Å². The molecule has 1 N–H and O–H groups in total. The van der Waals surface area contributed by atoms with Crippen molar-refractivity contribution in [1.29, 1.82) is 0 Å². The lowest BCUT2D eigenvalue weighted by Crippen LogP contribution is -2.30. The zero-order chi connectivity index (χ0) is 8.23. The Labute approximate surface area is 75.3 Å². The van der Waals surface area contributed by atoms with Gasteiger partial charge in [0, 0.05) is 13.1 Å². The van der Waals surface area contributed by atoms with Crippen LogP contribution in [0.15, 0.2) is 0 Å². The number of hydrogen-bond donors (Lipinski definition) is 1. The van der Waals surface area contributed by atoms with Gasteiger partial charge in [0.05, 0.1) is 0 Å². The maximum atomic E-state index is 3.53. The SMILES string of the molecule is C1CCN(CCNCC2CC2)C1. The third-order valence-electron chi connectivity index (χ3n) is 2.93. The smallest absolute Gasteiger partial charge is 0.0107 e. The van der Waals surface area contributed by atoms with Gasteiger partial charge in [-0.15, -0.1) is 0 Å². The van der Waals surface area contributed by atoms with E-state index < -0.39 is 0 Å². The van der Waals surface area contributed by atoms with Crippen molar-refractivity contribution >= 4 is 0 Å². The maximum Gasteiger partial charge on any atom is 0.0107 e. The van der Waals surface area contributed by atoms with Crippen LogP contribution in [-0.2, 0) is 0 Å². The Kier molecular flexibility index (Phi) is 3.01. The minimum Gasteiger partial charge on any atom is -0.315 e. The van der Waals surface area contributed by atoms with E-state index in [-0.39, 0.29) is 0 Å². The van der Waals surface area contributed by atoms with E-state index >= 15 is 0 Å². The van der Waals surface area contributed by atoms with E-state index in [1.54, 1.807) is 0 Å². The van der Waals surface area contributed by atoms with E-state index in [4.69, 9.17) is 0 Å². The summed E-state index contributed by atoms with van der Waals surface area (Å²) in [7, 11) is 0. The summed E-state index contributed by atoms with van der Waals surface area (Å²) >= 11 is 0.